The van der Waals surface area contributed by atoms with Gasteiger partial charge in [-0.05, 0) is 44.4 Å². The van der Waals surface area contributed by atoms with E-state index in [1.165, 1.54) is 6.92 Å². The number of carbonyl (C=O) groups excluding carboxylic acids is 1. The smallest absolute Gasteiger partial charge is 0.349 e. The van der Waals surface area contributed by atoms with Crippen molar-refractivity contribution in [3.8, 4) is 0 Å². The molecule has 0 saturated heterocycles. The fourth-order valence-electron chi connectivity index (χ4n) is 2.87. The molecule has 0 unspecified atom stereocenters. The van der Waals surface area contributed by atoms with E-state index in [-0.39, 0.29) is 0 Å². The molecule has 0 aromatic heterocycles. The lowest BCUT2D eigenvalue weighted by atomic mass is 9.60. The third-order valence-corrected chi connectivity index (χ3v) is 4.55. The summed E-state index contributed by atoms with van der Waals surface area (Å²) in [7, 11) is 0. The Morgan fingerprint density at radius 3 is 2.18 bits per heavy atom. The van der Waals surface area contributed by atoms with Crippen LogP contribution in [0.2, 0.25) is 5.02 Å². The fraction of sp³-hybridized carbons (Fsp3) is 0.533. The van der Waals surface area contributed by atoms with Gasteiger partial charge >= 0.3 is 6.18 Å². The third-order valence-electron chi connectivity index (χ3n) is 4.04. The van der Waals surface area contributed by atoms with Crippen LogP contribution in [-0.4, -0.2) is 17.0 Å². The van der Waals surface area contributed by atoms with E-state index in [1.807, 2.05) is 0 Å². The van der Waals surface area contributed by atoms with Crippen molar-refractivity contribution < 1.29 is 18.0 Å². The van der Waals surface area contributed by atoms with Crippen LogP contribution in [0.3, 0.4) is 0 Å². The van der Waals surface area contributed by atoms with Crippen molar-refractivity contribution in [1.82, 2.24) is 5.32 Å². The van der Waals surface area contributed by atoms with Gasteiger partial charge in [-0.2, -0.15) is 13.2 Å². The fourth-order valence-corrected chi connectivity index (χ4v) is 3.45. The van der Waals surface area contributed by atoms with Crippen LogP contribution in [0.4, 0.5) is 13.2 Å². The number of halogens is 5. The molecule has 1 aliphatic rings. The lowest BCUT2D eigenvalue weighted by molar-refractivity contribution is -0.249. The molecule has 1 amide bonds. The SMILES string of the molecule is C[C@@H](NC(=O)C1(C(F)(F)F)CC(C)(Cl)C1)c1ccc(Cl)cc1. The molecule has 1 saturated carbocycles. The molecular weight excluding hydrogens is 338 g/mol. The highest BCUT2D eigenvalue weighted by atomic mass is 35.5. The molecule has 0 heterocycles. The maximum atomic E-state index is 13.3. The normalized spacial score (nSPS) is 29.6. The van der Waals surface area contributed by atoms with Crippen LogP contribution in [0.15, 0.2) is 24.3 Å². The largest absolute Gasteiger partial charge is 0.403 e. The van der Waals surface area contributed by atoms with E-state index < -0.39 is 41.3 Å². The van der Waals surface area contributed by atoms with Crippen molar-refractivity contribution in [3.05, 3.63) is 34.9 Å². The van der Waals surface area contributed by atoms with Crippen LogP contribution in [0.25, 0.3) is 0 Å². The van der Waals surface area contributed by atoms with E-state index in [1.54, 1.807) is 31.2 Å². The Hall–Kier alpha value is -0.940. The van der Waals surface area contributed by atoms with E-state index in [9.17, 15) is 18.0 Å². The third kappa shape index (κ3) is 3.20. The molecule has 1 aromatic carbocycles. The Bertz CT molecular complexity index is 561. The van der Waals surface area contributed by atoms with Crippen LogP contribution >= 0.6 is 23.2 Å². The van der Waals surface area contributed by atoms with Crippen molar-refractivity contribution >= 4 is 29.1 Å². The van der Waals surface area contributed by atoms with E-state index in [4.69, 9.17) is 23.2 Å². The van der Waals surface area contributed by atoms with E-state index in [0.717, 1.165) is 0 Å². The van der Waals surface area contributed by atoms with Crippen LogP contribution in [0.1, 0.15) is 38.3 Å². The molecule has 1 N–H and O–H groups in total. The topological polar surface area (TPSA) is 29.1 Å². The van der Waals surface area contributed by atoms with Gasteiger partial charge in [-0.3, -0.25) is 4.79 Å². The second-order valence-electron chi connectivity index (χ2n) is 6.09. The Kier molecular flexibility index (Phi) is 4.44. The maximum Gasteiger partial charge on any atom is 0.403 e. The van der Waals surface area contributed by atoms with Gasteiger partial charge in [0.1, 0.15) is 5.41 Å². The number of nitrogens with one attached hydrogen (secondary N) is 1. The monoisotopic (exact) mass is 353 g/mol. The molecule has 0 bridgehead atoms. The van der Waals surface area contributed by atoms with Crippen LogP contribution in [0, 0.1) is 5.41 Å². The van der Waals surface area contributed by atoms with Gasteiger partial charge in [0.05, 0.1) is 6.04 Å². The van der Waals surface area contributed by atoms with Crippen LogP contribution < -0.4 is 5.32 Å². The number of hydrogen-bond acceptors (Lipinski definition) is 1. The molecule has 2 rings (SSSR count). The molecule has 1 aromatic rings. The summed E-state index contributed by atoms with van der Waals surface area (Å²) in [6.45, 7) is 3.14. The molecule has 0 radical (unpaired) electrons. The second kappa shape index (κ2) is 5.60. The molecule has 1 fully saturated rings. The van der Waals surface area contributed by atoms with Crippen molar-refractivity contribution in [2.75, 3.05) is 0 Å². The molecule has 2 nitrogen and oxygen atoms in total. The zero-order valence-electron chi connectivity index (χ0n) is 12.1. The summed E-state index contributed by atoms with van der Waals surface area (Å²) in [6.07, 6.45) is -5.44. The first-order valence-electron chi connectivity index (χ1n) is 6.79. The Balaban J connectivity index is 2.14. The van der Waals surface area contributed by atoms with E-state index in [0.29, 0.717) is 10.6 Å². The Labute approximate surface area is 137 Å². The number of hydrogen-bond donors (Lipinski definition) is 1. The standard InChI is InChI=1S/C15H16Cl2F3NO/c1-9(10-3-5-11(16)6-4-10)21-12(22)14(15(18,19)20)7-13(2,17)8-14/h3-6,9H,7-8H2,1-2H3,(H,21,22)/t9-,13?,14?/m1/s1. The van der Waals surface area contributed by atoms with Crippen molar-refractivity contribution in [2.24, 2.45) is 5.41 Å². The number of rotatable bonds is 3. The van der Waals surface area contributed by atoms with Gasteiger partial charge in [0.2, 0.25) is 5.91 Å². The van der Waals surface area contributed by atoms with Gasteiger partial charge in [0.15, 0.2) is 0 Å². The van der Waals surface area contributed by atoms with Gasteiger partial charge in [0, 0.05) is 9.90 Å². The Morgan fingerprint density at radius 1 is 1.27 bits per heavy atom. The average Bonchev–Trinajstić information content (AvgIpc) is 2.34. The second-order valence-corrected chi connectivity index (χ2v) is 7.44. The highest BCUT2D eigenvalue weighted by molar-refractivity contribution is 6.30. The number of carbonyl (C=O) groups is 1. The van der Waals surface area contributed by atoms with Gasteiger partial charge in [-0.25, -0.2) is 0 Å². The van der Waals surface area contributed by atoms with Crippen molar-refractivity contribution in [2.45, 2.75) is 43.8 Å². The predicted octanol–water partition coefficient (Wildman–Crippen LogP) is 4.86. The minimum atomic E-state index is -4.62. The minimum absolute atomic E-state index is 0.412. The zero-order chi connectivity index (χ0) is 16.8. The predicted molar refractivity (Wildman–Crippen MR) is 80.0 cm³/mol. The van der Waals surface area contributed by atoms with Crippen LogP contribution in [0.5, 0.6) is 0 Å². The van der Waals surface area contributed by atoms with Crippen LogP contribution in [-0.2, 0) is 4.79 Å². The summed E-state index contributed by atoms with van der Waals surface area (Å²) < 4.78 is 40.0. The summed E-state index contributed by atoms with van der Waals surface area (Å²) in [5, 5.41) is 2.96. The molecular formula is C15H16Cl2F3NO. The van der Waals surface area contributed by atoms with Crippen molar-refractivity contribution in [3.63, 3.8) is 0 Å². The van der Waals surface area contributed by atoms with Gasteiger partial charge in [-0.15, -0.1) is 11.6 Å². The first-order valence-corrected chi connectivity index (χ1v) is 7.55. The number of amides is 1. The molecule has 122 valence electrons. The lowest BCUT2D eigenvalue weighted by Gasteiger charge is -2.50. The lowest BCUT2D eigenvalue weighted by Crippen LogP contribution is -2.62. The maximum absolute atomic E-state index is 13.3. The summed E-state index contributed by atoms with van der Waals surface area (Å²) >= 11 is 11.7. The summed E-state index contributed by atoms with van der Waals surface area (Å²) in [5.41, 5.74) is -1.72. The van der Waals surface area contributed by atoms with Crippen molar-refractivity contribution in [1.29, 1.82) is 0 Å². The molecule has 7 heteroatoms. The number of alkyl halides is 4. The first kappa shape index (κ1) is 17.4. The first-order chi connectivity index (χ1) is 9.97. The molecule has 22 heavy (non-hydrogen) atoms. The average molecular weight is 354 g/mol. The summed E-state index contributed by atoms with van der Waals surface area (Å²) in [4.78, 5) is 11.2. The minimum Gasteiger partial charge on any atom is -0.349 e. The van der Waals surface area contributed by atoms with E-state index in [2.05, 4.69) is 5.32 Å². The molecule has 0 aliphatic heterocycles. The van der Waals surface area contributed by atoms with Gasteiger partial charge in [-0.1, -0.05) is 23.7 Å². The molecule has 0 spiro atoms. The van der Waals surface area contributed by atoms with Gasteiger partial charge < -0.3 is 5.32 Å². The molecule has 1 atom stereocenters. The van der Waals surface area contributed by atoms with Gasteiger partial charge in [0.25, 0.3) is 0 Å². The Morgan fingerprint density at radius 2 is 1.77 bits per heavy atom. The summed E-state index contributed by atoms with van der Waals surface area (Å²) in [6, 6.07) is 6.03. The highest BCUT2D eigenvalue weighted by Crippen LogP contribution is 2.60. The zero-order valence-corrected chi connectivity index (χ0v) is 13.6. The quantitative estimate of drug-likeness (QED) is 0.772. The summed E-state index contributed by atoms with van der Waals surface area (Å²) in [5.74, 6) is -1.03. The molecule has 1 aliphatic carbocycles. The highest BCUT2D eigenvalue weighted by Gasteiger charge is 2.70. The number of benzene rings is 1. The van der Waals surface area contributed by atoms with E-state index >= 15 is 0 Å².